The second-order valence-corrected chi connectivity index (χ2v) is 7.41. The van der Waals surface area contributed by atoms with Crippen molar-refractivity contribution in [3.8, 4) is 0 Å². The lowest BCUT2D eigenvalue weighted by molar-refractivity contribution is 0.402. The molecule has 1 aliphatic rings. The molecule has 2 aromatic carbocycles. The van der Waals surface area contributed by atoms with Crippen LogP contribution in [0.1, 0.15) is 25.3 Å². The van der Waals surface area contributed by atoms with E-state index in [1.165, 1.54) is 24.8 Å². The Morgan fingerprint density at radius 2 is 1.61 bits per heavy atom. The van der Waals surface area contributed by atoms with E-state index in [0.717, 1.165) is 43.0 Å². The fourth-order valence-corrected chi connectivity index (χ4v) is 4.01. The molecule has 0 aliphatic carbocycles. The lowest BCUT2D eigenvalue weighted by atomic mass is 9.90. The van der Waals surface area contributed by atoms with E-state index in [2.05, 4.69) is 76.3 Å². The van der Waals surface area contributed by atoms with Gasteiger partial charge in [0.2, 0.25) is 5.95 Å². The van der Waals surface area contributed by atoms with Gasteiger partial charge in [0.15, 0.2) is 0 Å². The van der Waals surface area contributed by atoms with Crippen LogP contribution in [-0.4, -0.2) is 29.6 Å². The van der Waals surface area contributed by atoms with Crippen molar-refractivity contribution in [2.45, 2.75) is 26.2 Å². The van der Waals surface area contributed by atoms with E-state index in [9.17, 15) is 0 Å². The van der Waals surface area contributed by atoms with Gasteiger partial charge in [0, 0.05) is 31.5 Å². The monoisotopic (exact) mass is 372 g/mol. The number of nitrogens with zero attached hydrogens (tertiary/aromatic N) is 4. The summed E-state index contributed by atoms with van der Waals surface area (Å²) < 4.78 is 0. The molecule has 0 spiro atoms. The summed E-state index contributed by atoms with van der Waals surface area (Å²) in [6, 6.07) is 23.3. The standard InChI is InChI=1S/C24H28N4/c1-2-28(22-11-7-4-8-12-22)24-25-16-13-23(26-24)27-17-14-21(15-18-27)19-20-9-5-3-6-10-20/h3-13,16,21H,2,14-15,17-19H2,1H3. The Bertz CT molecular complexity index is 858. The maximum atomic E-state index is 4.89. The summed E-state index contributed by atoms with van der Waals surface area (Å²) >= 11 is 0. The first kappa shape index (κ1) is 18.5. The summed E-state index contributed by atoms with van der Waals surface area (Å²) in [5, 5.41) is 0. The molecule has 0 bridgehead atoms. The van der Waals surface area contributed by atoms with E-state index in [1.807, 2.05) is 18.3 Å². The van der Waals surface area contributed by atoms with Crippen LogP contribution < -0.4 is 9.80 Å². The van der Waals surface area contributed by atoms with E-state index in [-0.39, 0.29) is 0 Å². The Balaban J connectivity index is 1.42. The highest BCUT2D eigenvalue weighted by Gasteiger charge is 2.21. The van der Waals surface area contributed by atoms with Crippen molar-refractivity contribution in [1.82, 2.24) is 9.97 Å². The van der Waals surface area contributed by atoms with E-state index in [1.54, 1.807) is 0 Å². The van der Waals surface area contributed by atoms with Gasteiger partial charge in [-0.3, -0.25) is 0 Å². The SMILES string of the molecule is CCN(c1ccccc1)c1nccc(N2CCC(Cc3ccccc3)CC2)n1. The topological polar surface area (TPSA) is 32.3 Å². The first-order chi connectivity index (χ1) is 13.8. The van der Waals surface area contributed by atoms with Crippen LogP contribution in [0.15, 0.2) is 72.9 Å². The number of hydrogen-bond donors (Lipinski definition) is 0. The van der Waals surface area contributed by atoms with E-state index in [4.69, 9.17) is 4.98 Å². The number of hydrogen-bond acceptors (Lipinski definition) is 4. The van der Waals surface area contributed by atoms with Gasteiger partial charge in [-0.05, 0) is 55.9 Å². The highest BCUT2D eigenvalue weighted by atomic mass is 15.3. The minimum atomic E-state index is 0.761. The molecule has 4 nitrogen and oxygen atoms in total. The van der Waals surface area contributed by atoms with Crippen molar-refractivity contribution < 1.29 is 0 Å². The predicted octanol–water partition coefficient (Wildman–Crippen LogP) is 5.09. The molecule has 4 heteroatoms. The second kappa shape index (κ2) is 8.87. The zero-order valence-corrected chi connectivity index (χ0v) is 16.5. The van der Waals surface area contributed by atoms with Gasteiger partial charge in [-0.25, -0.2) is 4.98 Å². The average molecular weight is 373 g/mol. The van der Waals surface area contributed by atoms with Crippen LogP contribution in [0.2, 0.25) is 0 Å². The molecule has 0 radical (unpaired) electrons. The molecule has 1 fully saturated rings. The van der Waals surface area contributed by atoms with Crippen molar-refractivity contribution >= 4 is 17.5 Å². The lowest BCUT2D eigenvalue weighted by Crippen LogP contribution is -2.35. The molecule has 1 aliphatic heterocycles. The summed E-state index contributed by atoms with van der Waals surface area (Å²) in [6.45, 7) is 5.10. The molecule has 0 unspecified atom stereocenters. The van der Waals surface area contributed by atoms with Crippen molar-refractivity contribution in [2.75, 3.05) is 29.4 Å². The summed E-state index contributed by atoms with van der Waals surface area (Å²) in [5.41, 5.74) is 2.58. The smallest absolute Gasteiger partial charge is 0.231 e. The normalized spacial score (nSPS) is 14.8. The minimum absolute atomic E-state index is 0.761. The molecule has 2 heterocycles. The maximum Gasteiger partial charge on any atom is 0.231 e. The number of rotatable bonds is 6. The molecule has 3 aromatic rings. The highest BCUT2D eigenvalue weighted by Crippen LogP contribution is 2.27. The van der Waals surface area contributed by atoms with Crippen molar-refractivity contribution in [3.05, 3.63) is 78.5 Å². The van der Waals surface area contributed by atoms with Gasteiger partial charge in [-0.1, -0.05) is 48.5 Å². The number of benzene rings is 2. The highest BCUT2D eigenvalue weighted by molar-refractivity contribution is 5.58. The second-order valence-electron chi connectivity index (χ2n) is 7.41. The average Bonchev–Trinajstić information content (AvgIpc) is 2.77. The molecule has 144 valence electrons. The maximum absolute atomic E-state index is 4.89. The molecular formula is C24H28N4. The first-order valence-electron chi connectivity index (χ1n) is 10.3. The summed E-state index contributed by atoms with van der Waals surface area (Å²) in [6.07, 6.45) is 5.50. The molecule has 28 heavy (non-hydrogen) atoms. The van der Waals surface area contributed by atoms with Crippen LogP contribution in [-0.2, 0) is 6.42 Å². The van der Waals surface area contributed by atoms with E-state index >= 15 is 0 Å². The lowest BCUT2D eigenvalue weighted by Gasteiger charge is -2.33. The summed E-state index contributed by atoms with van der Waals surface area (Å²) in [4.78, 5) is 14.0. The number of aromatic nitrogens is 2. The van der Waals surface area contributed by atoms with Crippen molar-refractivity contribution in [3.63, 3.8) is 0 Å². The van der Waals surface area contributed by atoms with Crippen LogP contribution in [0.5, 0.6) is 0 Å². The Kier molecular flexibility index (Phi) is 5.86. The third-order valence-corrected chi connectivity index (χ3v) is 5.56. The van der Waals surface area contributed by atoms with Gasteiger partial charge in [-0.2, -0.15) is 4.98 Å². The van der Waals surface area contributed by atoms with Crippen LogP contribution in [0.4, 0.5) is 17.5 Å². The third-order valence-electron chi connectivity index (χ3n) is 5.56. The van der Waals surface area contributed by atoms with Gasteiger partial charge in [-0.15, -0.1) is 0 Å². The molecule has 0 atom stereocenters. The minimum Gasteiger partial charge on any atom is -0.356 e. The third kappa shape index (κ3) is 4.33. The van der Waals surface area contributed by atoms with Gasteiger partial charge >= 0.3 is 0 Å². The number of anilines is 3. The quantitative estimate of drug-likeness (QED) is 0.603. The van der Waals surface area contributed by atoms with Gasteiger partial charge in [0.1, 0.15) is 5.82 Å². The molecule has 0 saturated carbocycles. The molecule has 4 rings (SSSR count). The Morgan fingerprint density at radius 3 is 2.29 bits per heavy atom. The largest absolute Gasteiger partial charge is 0.356 e. The zero-order valence-electron chi connectivity index (χ0n) is 16.5. The Morgan fingerprint density at radius 1 is 0.929 bits per heavy atom. The Hall–Kier alpha value is -2.88. The molecule has 1 saturated heterocycles. The zero-order chi connectivity index (χ0) is 19.2. The van der Waals surface area contributed by atoms with Crippen molar-refractivity contribution in [2.24, 2.45) is 5.92 Å². The van der Waals surface area contributed by atoms with Gasteiger partial charge < -0.3 is 9.80 Å². The van der Waals surface area contributed by atoms with Crippen LogP contribution in [0, 0.1) is 5.92 Å². The molecule has 0 N–H and O–H groups in total. The summed E-state index contributed by atoms with van der Waals surface area (Å²) in [5.74, 6) is 2.58. The molecule has 1 aromatic heterocycles. The van der Waals surface area contributed by atoms with Crippen LogP contribution in [0.25, 0.3) is 0 Å². The predicted molar refractivity (Wildman–Crippen MR) is 116 cm³/mol. The molecular weight excluding hydrogens is 344 g/mol. The van der Waals surface area contributed by atoms with Gasteiger partial charge in [0.25, 0.3) is 0 Å². The van der Waals surface area contributed by atoms with E-state index in [0.29, 0.717) is 0 Å². The van der Waals surface area contributed by atoms with Crippen LogP contribution in [0.3, 0.4) is 0 Å². The van der Waals surface area contributed by atoms with E-state index < -0.39 is 0 Å². The van der Waals surface area contributed by atoms with Crippen LogP contribution >= 0.6 is 0 Å². The van der Waals surface area contributed by atoms with Crippen molar-refractivity contribution in [1.29, 1.82) is 0 Å². The summed E-state index contributed by atoms with van der Waals surface area (Å²) in [7, 11) is 0. The first-order valence-corrected chi connectivity index (χ1v) is 10.3. The number of piperidine rings is 1. The fraction of sp³-hybridized carbons (Fsp3) is 0.333. The fourth-order valence-electron chi connectivity index (χ4n) is 4.01. The van der Waals surface area contributed by atoms with Gasteiger partial charge in [0.05, 0.1) is 0 Å². The number of para-hydroxylation sites is 1. The molecule has 0 amide bonds. The Labute approximate surface area is 167 Å².